The number of halogens is 1. The second kappa shape index (κ2) is 3.46. The Morgan fingerprint density at radius 3 is 2.93 bits per heavy atom. The average Bonchev–Trinajstić information content (AvgIpc) is 2.17. The minimum Gasteiger partial charge on any atom is -0.427 e. The Balaban J connectivity index is 2.90. The van der Waals surface area contributed by atoms with Gasteiger partial charge in [0.1, 0.15) is 5.76 Å². The van der Waals surface area contributed by atoms with E-state index in [0.29, 0.717) is 22.6 Å². The molecule has 0 unspecified atom stereocenters. The molecule has 0 aliphatic rings. The van der Waals surface area contributed by atoms with Gasteiger partial charge in [-0.3, -0.25) is 0 Å². The van der Waals surface area contributed by atoms with E-state index >= 15 is 0 Å². The van der Waals surface area contributed by atoms with Crippen LogP contribution in [-0.4, -0.2) is 0 Å². The Bertz CT molecular complexity index is 528. The summed E-state index contributed by atoms with van der Waals surface area (Å²) in [6.45, 7) is 1.94. The molecule has 72 valence electrons. The Morgan fingerprint density at radius 2 is 2.21 bits per heavy atom. The maximum absolute atomic E-state index is 11.5. The second-order valence-electron chi connectivity index (χ2n) is 3.06. The molecule has 2 aromatic rings. The van der Waals surface area contributed by atoms with Crippen LogP contribution in [0.25, 0.3) is 10.8 Å². The minimum absolute atomic E-state index is 0.357. The van der Waals surface area contributed by atoms with Crippen molar-refractivity contribution in [3.63, 3.8) is 0 Å². The molecule has 3 heteroatoms. The lowest BCUT2D eigenvalue weighted by Gasteiger charge is -2.00. The first-order valence-electron chi connectivity index (χ1n) is 4.43. The third kappa shape index (κ3) is 1.42. The summed E-state index contributed by atoms with van der Waals surface area (Å²) >= 11 is 5.90. The lowest BCUT2D eigenvalue weighted by molar-refractivity contribution is 0.472. The zero-order valence-electron chi connectivity index (χ0n) is 7.71. The highest BCUT2D eigenvalue weighted by molar-refractivity contribution is 6.35. The van der Waals surface area contributed by atoms with Crippen molar-refractivity contribution in [2.45, 2.75) is 13.3 Å². The summed E-state index contributed by atoms with van der Waals surface area (Å²) in [5, 5.41) is 1.75. The highest BCUT2D eigenvalue weighted by atomic mass is 35.5. The van der Waals surface area contributed by atoms with E-state index in [2.05, 4.69) is 0 Å². The van der Waals surface area contributed by atoms with Gasteiger partial charge in [0.05, 0.1) is 10.4 Å². The Labute approximate surface area is 86.1 Å². The first-order chi connectivity index (χ1) is 6.72. The van der Waals surface area contributed by atoms with Gasteiger partial charge in [-0.1, -0.05) is 30.7 Å². The van der Waals surface area contributed by atoms with Crippen LogP contribution in [0.1, 0.15) is 12.7 Å². The van der Waals surface area contributed by atoms with Gasteiger partial charge in [0.2, 0.25) is 0 Å². The lowest BCUT2D eigenvalue weighted by atomic mass is 10.1. The fourth-order valence-electron chi connectivity index (χ4n) is 1.42. The summed E-state index contributed by atoms with van der Waals surface area (Å²) in [6, 6.07) is 7.22. The van der Waals surface area contributed by atoms with E-state index in [9.17, 15) is 4.79 Å². The quantitative estimate of drug-likeness (QED) is 0.721. The van der Waals surface area contributed by atoms with Gasteiger partial charge < -0.3 is 4.42 Å². The maximum Gasteiger partial charge on any atom is 0.345 e. The molecule has 2 rings (SSSR count). The Morgan fingerprint density at radius 1 is 1.43 bits per heavy atom. The van der Waals surface area contributed by atoms with Gasteiger partial charge in [-0.05, 0) is 17.5 Å². The zero-order valence-corrected chi connectivity index (χ0v) is 8.47. The molecule has 0 spiro atoms. The van der Waals surface area contributed by atoms with Gasteiger partial charge in [0, 0.05) is 6.42 Å². The first kappa shape index (κ1) is 9.28. The van der Waals surface area contributed by atoms with Crippen LogP contribution in [-0.2, 0) is 6.42 Å². The van der Waals surface area contributed by atoms with Crippen molar-refractivity contribution in [1.82, 2.24) is 0 Å². The number of hydrogen-bond acceptors (Lipinski definition) is 2. The molecule has 1 heterocycles. The van der Waals surface area contributed by atoms with E-state index in [-0.39, 0.29) is 5.63 Å². The first-order valence-corrected chi connectivity index (χ1v) is 4.81. The SMILES string of the molecule is CCc1cc2cccc(Cl)c2c(=O)o1. The number of fused-ring (bicyclic) bond motifs is 1. The van der Waals surface area contributed by atoms with Crippen LogP contribution in [0.4, 0.5) is 0 Å². The second-order valence-corrected chi connectivity index (χ2v) is 3.46. The van der Waals surface area contributed by atoms with E-state index in [4.69, 9.17) is 16.0 Å². The molecule has 0 saturated carbocycles. The average molecular weight is 209 g/mol. The van der Waals surface area contributed by atoms with Crippen molar-refractivity contribution in [3.8, 4) is 0 Å². The fraction of sp³-hybridized carbons (Fsp3) is 0.182. The maximum atomic E-state index is 11.5. The lowest BCUT2D eigenvalue weighted by Crippen LogP contribution is -2.02. The number of benzene rings is 1. The van der Waals surface area contributed by atoms with E-state index in [1.807, 2.05) is 25.1 Å². The molecule has 1 aromatic carbocycles. The molecule has 0 aliphatic carbocycles. The van der Waals surface area contributed by atoms with Crippen molar-refractivity contribution in [2.24, 2.45) is 0 Å². The highest BCUT2D eigenvalue weighted by Crippen LogP contribution is 2.20. The standard InChI is InChI=1S/C11H9ClO2/c1-2-8-6-7-4-3-5-9(12)10(7)11(13)14-8/h3-6H,2H2,1H3. The summed E-state index contributed by atoms with van der Waals surface area (Å²) < 4.78 is 5.08. The summed E-state index contributed by atoms with van der Waals surface area (Å²) in [5.74, 6) is 0.685. The Kier molecular flexibility index (Phi) is 2.30. The largest absolute Gasteiger partial charge is 0.427 e. The van der Waals surface area contributed by atoms with Gasteiger partial charge in [-0.2, -0.15) is 0 Å². The molecule has 0 bridgehead atoms. The van der Waals surface area contributed by atoms with Crippen molar-refractivity contribution in [3.05, 3.63) is 45.5 Å². The molecule has 0 radical (unpaired) electrons. The monoisotopic (exact) mass is 208 g/mol. The van der Waals surface area contributed by atoms with E-state index < -0.39 is 0 Å². The molecule has 0 N–H and O–H groups in total. The summed E-state index contributed by atoms with van der Waals surface area (Å²) in [6.07, 6.45) is 0.706. The molecule has 0 fully saturated rings. The molecule has 1 aromatic heterocycles. The third-order valence-electron chi connectivity index (χ3n) is 2.14. The van der Waals surface area contributed by atoms with Crippen LogP contribution >= 0.6 is 11.6 Å². The smallest absolute Gasteiger partial charge is 0.345 e. The molecule has 0 atom stereocenters. The normalized spacial score (nSPS) is 10.7. The van der Waals surface area contributed by atoms with Crippen molar-refractivity contribution >= 4 is 22.4 Å². The van der Waals surface area contributed by atoms with Gasteiger partial charge in [-0.15, -0.1) is 0 Å². The number of aryl methyl sites for hydroxylation is 1. The molecule has 2 nitrogen and oxygen atoms in total. The van der Waals surface area contributed by atoms with Crippen molar-refractivity contribution < 1.29 is 4.42 Å². The molecular weight excluding hydrogens is 200 g/mol. The van der Waals surface area contributed by atoms with E-state index in [1.165, 1.54) is 0 Å². The van der Waals surface area contributed by atoms with Gasteiger partial charge >= 0.3 is 5.63 Å². The predicted molar refractivity (Wildman–Crippen MR) is 56.9 cm³/mol. The zero-order chi connectivity index (χ0) is 10.1. The molecule has 0 amide bonds. The molecule has 14 heavy (non-hydrogen) atoms. The summed E-state index contributed by atoms with van der Waals surface area (Å²) in [7, 11) is 0. The number of rotatable bonds is 1. The van der Waals surface area contributed by atoms with Gasteiger partial charge in [0.15, 0.2) is 0 Å². The van der Waals surface area contributed by atoms with E-state index in [0.717, 1.165) is 5.39 Å². The third-order valence-corrected chi connectivity index (χ3v) is 2.45. The fourth-order valence-corrected chi connectivity index (χ4v) is 1.68. The summed E-state index contributed by atoms with van der Waals surface area (Å²) in [5.41, 5.74) is -0.357. The predicted octanol–water partition coefficient (Wildman–Crippen LogP) is 3.01. The van der Waals surface area contributed by atoms with Crippen molar-refractivity contribution in [1.29, 1.82) is 0 Å². The van der Waals surface area contributed by atoms with E-state index in [1.54, 1.807) is 6.07 Å². The van der Waals surface area contributed by atoms with Crippen LogP contribution in [0.5, 0.6) is 0 Å². The topological polar surface area (TPSA) is 30.2 Å². The van der Waals surface area contributed by atoms with Crippen LogP contribution < -0.4 is 5.63 Å². The van der Waals surface area contributed by atoms with Crippen molar-refractivity contribution in [2.75, 3.05) is 0 Å². The Hall–Kier alpha value is -1.28. The number of hydrogen-bond donors (Lipinski definition) is 0. The molecular formula is C11H9ClO2. The highest BCUT2D eigenvalue weighted by Gasteiger charge is 2.06. The van der Waals surface area contributed by atoms with Gasteiger partial charge in [0.25, 0.3) is 0 Å². The molecule has 0 saturated heterocycles. The van der Waals surface area contributed by atoms with Crippen LogP contribution in [0.2, 0.25) is 5.02 Å². The van der Waals surface area contributed by atoms with Crippen LogP contribution in [0.3, 0.4) is 0 Å². The van der Waals surface area contributed by atoms with Gasteiger partial charge in [-0.25, -0.2) is 4.79 Å². The summed E-state index contributed by atoms with van der Waals surface area (Å²) in [4.78, 5) is 11.5. The van der Waals surface area contributed by atoms with Crippen LogP contribution in [0.15, 0.2) is 33.5 Å². The molecule has 0 aliphatic heterocycles. The minimum atomic E-state index is -0.357. The van der Waals surface area contributed by atoms with Crippen LogP contribution in [0, 0.1) is 0 Å².